The van der Waals surface area contributed by atoms with Crippen LogP contribution in [0.3, 0.4) is 0 Å². The summed E-state index contributed by atoms with van der Waals surface area (Å²) in [6.45, 7) is 13.1. The van der Waals surface area contributed by atoms with Gasteiger partial charge < -0.3 is 9.84 Å². The fourth-order valence-corrected chi connectivity index (χ4v) is 2.21. The van der Waals surface area contributed by atoms with Gasteiger partial charge >= 0.3 is 12.1 Å². The van der Waals surface area contributed by atoms with Gasteiger partial charge in [-0.3, -0.25) is 4.90 Å². The van der Waals surface area contributed by atoms with Gasteiger partial charge in [-0.2, -0.15) is 0 Å². The third-order valence-corrected chi connectivity index (χ3v) is 3.76. The molecule has 0 saturated heterocycles. The van der Waals surface area contributed by atoms with Gasteiger partial charge in [-0.25, -0.2) is 9.59 Å². The van der Waals surface area contributed by atoms with Gasteiger partial charge in [-0.15, -0.1) is 0 Å². The molecule has 1 aromatic carbocycles. The molecule has 0 heterocycles. The Labute approximate surface area is 138 Å². The van der Waals surface area contributed by atoms with E-state index in [0.717, 1.165) is 0 Å². The first kappa shape index (κ1) is 19.0. The number of nitrogens with zero attached hydrogens (tertiary/aromatic N) is 1. The van der Waals surface area contributed by atoms with Crippen molar-refractivity contribution in [3.05, 3.63) is 29.3 Å². The molecule has 0 fully saturated rings. The molecule has 1 rings (SSSR count). The largest absolute Gasteiger partial charge is 0.478 e. The highest BCUT2D eigenvalue weighted by Gasteiger charge is 2.30. The van der Waals surface area contributed by atoms with Crippen LogP contribution in [0.1, 0.15) is 57.5 Å². The summed E-state index contributed by atoms with van der Waals surface area (Å²) in [5.41, 5.74) is 0.690. The number of hydrogen-bond donors (Lipinski definition) is 1. The van der Waals surface area contributed by atoms with E-state index in [4.69, 9.17) is 4.74 Å². The summed E-state index contributed by atoms with van der Waals surface area (Å²) in [5.74, 6) is -0.818. The Morgan fingerprint density at radius 3 is 2.17 bits per heavy atom. The van der Waals surface area contributed by atoms with Crippen molar-refractivity contribution >= 4 is 17.7 Å². The summed E-state index contributed by atoms with van der Waals surface area (Å²) in [4.78, 5) is 25.6. The number of carboxylic acid groups (broad SMARTS) is 1. The summed E-state index contributed by atoms with van der Waals surface area (Å²) >= 11 is 0. The minimum Gasteiger partial charge on any atom is -0.478 e. The van der Waals surface area contributed by atoms with Crippen molar-refractivity contribution in [1.82, 2.24) is 0 Å². The molecule has 0 saturated carbocycles. The van der Waals surface area contributed by atoms with Crippen molar-refractivity contribution in [3.8, 4) is 0 Å². The number of amides is 1. The van der Waals surface area contributed by atoms with Crippen LogP contribution in [0.2, 0.25) is 0 Å². The second kappa shape index (κ2) is 7.02. The van der Waals surface area contributed by atoms with E-state index in [0.29, 0.717) is 11.3 Å². The first-order valence-corrected chi connectivity index (χ1v) is 7.80. The molecule has 0 aromatic heterocycles. The Hall–Kier alpha value is -2.04. The number of carbonyl (C=O) groups excluding carboxylic acids is 1. The summed E-state index contributed by atoms with van der Waals surface area (Å²) < 4.78 is 5.52. The Morgan fingerprint density at radius 1 is 1.17 bits per heavy atom. The lowest BCUT2D eigenvalue weighted by Crippen LogP contribution is -2.45. The topological polar surface area (TPSA) is 66.8 Å². The first-order chi connectivity index (χ1) is 10.5. The smallest absolute Gasteiger partial charge is 0.415 e. The van der Waals surface area contributed by atoms with E-state index < -0.39 is 17.7 Å². The molecule has 0 radical (unpaired) electrons. The van der Waals surface area contributed by atoms with Gasteiger partial charge in [0.05, 0.1) is 11.3 Å². The van der Waals surface area contributed by atoms with Crippen molar-refractivity contribution in [2.24, 2.45) is 5.92 Å². The Morgan fingerprint density at radius 2 is 1.74 bits per heavy atom. The second-order valence-corrected chi connectivity index (χ2v) is 7.09. The van der Waals surface area contributed by atoms with Gasteiger partial charge in [0.15, 0.2) is 0 Å². The van der Waals surface area contributed by atoms with Crippen LogP contribution in [-0.2, 0) is 4.74 Å². The van der Waals surface area contributed by atoms with Crippen LogP contribution in [0.25, 0.3) is 0 Å². The maximum Gasteiger partial charge on any atom is 0.415 e. The lowest BCUT2D eigenvalue weighted by molar-refractivity contribution is 0.0558. The van der Waals surface area contributed by atoms with Crippen molar-refractivity contribution in [2.75, 3.05) is 4.90 Å². The summed E-state index contributed by atoms with van der Waals surface area (Å²) in [6.07, 6.45) is -0.468. The molecule has 5 nitrogen and oxygen atoms in total. The number of carbonyl (C=O) groups is 2. The normalized spacial score (nSPS) is 12.9. The molecule has 1 aromatic rings. The molecule has 5 heteroatoms. The van der Waals surface area contributed by atoms with Gasteiger partial charge in [0.2, 0.25) is 0 Å². The number of hydrogen-bond acceptors (Lipinski definition) is 3. The summed E-state index contributed by atoms with van der Waals surface area (Å²) in [7, 11) is 0. The van der Waals surface area contributed by atoms with Crippen LogP contribution in [0, 0.1) is 12.8 Å². The van der Waals surface area contributed by atoms with Gasteiger partial charge in [-0.05, 0) is 58.2 Å². The lowest BCUT2D eigenvalue weighted by atomic mass is 10.0. The SMILES string of the molecule is Cc1c(C(=O)O)cccc1N(C(=O)OC(C)(C)C)C(C)C(C)C. The highest BCUT2D eigenvalue weighted by molar-refractivity contribution is 5.95. The van der Waals surface area contributed by atoms with Crippen molar-refractivity contribution < 1.29 is 19.4 Å². The zero-order valence-corrected chi connectivity index (χ0v) is 15.0. The van der Waals surface area contributed by atoms with Gasteiger partial charge in [-0.1, -0.05) is 19.9 Å². The molecule has 0 spiro atoms. The van der Waals surface area contributed by atoms with Crippen LogP contribution >= 0.6 is 0 Å². The van der Waals surface area contributed by atoms with E-state index in [1.807, 2.05) is 41.5 Å². The fraction of sp³-hybridized carbons (Fsp3) is 0.556. The molecule has 0 bridgehead atoms. The minimum atomic E-state index is -1.01. The van der Waals surface area contributed by atoms with E-state index in [1.54, 1.807) is 24.0 Å². The van der Waals surface area contributed by atoms with Gasteiger partial charge in [0.1, 0.15) is 5.60 Å². The predicted octanol–water partition coefficient (Wildman–Crippen LogP) is 4.48. The third-order valence-electron chi connectivity index (χ3n) is 3.76. The molecule has 23 heavy (non-hydrogen) atoms. The molecule has 1 N–H and O–H groups in total. The average molecular weight is 321 g/mol. The number of benzene rings is 1. The second-order valence-electron chi connectivity index (χ2n) is 7.09. The minimum absolute atomic E-state index is 0.132. The van der Waals surface area contributed by atoms with Crippen LogP contribution in [0.15, 0.2) is 18.2 Å². The third kappa shape index (κ3) is 4.71. The molecular formula is C18H27NO4. The summed E-state index contributed by atoms with van der Waals surface area (Å²) in [5, 5.41) is 9.31. The maximum atomic E-state index is 12.7. The zero-order chi connectivity index (χ0) is 17.9. The number of ether oxygens (including phenoxy) is 1. The molecule has 0 aliphatic carbocycles. The Balaban J connectivity index is 3.39. The van der Waals surface area contributed by atoms with E-state index >= 15 is 0 Å². The molecule has 128 valence electrons. The monoisotopic (exact) mass is 321 g/mol. The highest BCUT2D eigenvalue weighted by Crippen LogP contribution is 2.29. The molecular weight excluding hydrogens is 294 g/mol. The van der Waals surface area contributed by atoms with E-state index in [1.165, 1.54) is 6.07 Å². The molecule has 1 atom stereocenters. The van der Waals surface area contributed by atoms with E-state index in [9.17, 15) is 14.7 Å². The standard InChI is InChI=1S/C18H27NO4/c1-11(2)13(4)19(17(22)23-18(5,6)7)15-10-8-9-14(12(15)3)16(20)21/h8-11,13H,1-7H3,(H,20,21). The van der Waals surface area contributed by atoms with Crippen LogP contribution in [-0.4, -0.2) is 28.8 Å². The van der Waals surface area contributed by atoms with Crippen LogP contribution in [0.5, 0.6) is 0 Å². The van der Waals surface area contributed by atoms with Crippen LogP contribution in [0.4, 0.5) is 10.5 Å². The number of rotatable bonds is 4. The lowest BCUT2D eigenvalue weighted by Gasteiger charge is -2.34. The zero-order valence-electron chi connectivity index (χ0n) is 15.0. The molecule has 1 amide bonds. The Bertz CT molecular complexity index is 587. The quantitative estimate of drug-likeness (QED) is 0.888. The predicted molar refractivity (Wildman–Crippen MR) is 91.2 cm³/mol. The van der Waals surface area contributed by atoms with Crippen molar-refractivity contribution in [1.29, 1.82) is 0 Å². The average Bonchev–Trinajstić information content (AvgIpc) is 2.38. The number of anilines is 1. The highest BCUT2D eigenvalue weighted by atomic mass is 16.6. The number of aromatic carboxylic acids is 1. The van der Waals surface area contributed by atoms with E-state index in [2.05, 4.69) is 0 Å². The maximum absolute atomic E-state index is 12.7. The fourth-order valence-electron chi connectivity index (χ4n) is 2.21. The van der Waals surface area contributed by atoms with Crippen molar-refractivity contribution in [3.63, 3.8) is 0 Å². The first-order valence-electron chi connectivity index (χ1n) is 7.80. The van der Waals surface area contributed by atoms with E-state index in [-0.39, 0.29) is 17.5 Å². The van der Waals surface area contributed by atoms with Crippen molar-refractivity contribution in [2.45, 2.75) is 60.1 Å². The Kier molecular flexibility index (Phi) is 5.81. The van der Waals surface area contributed by atoms with Gasteiger partial charge in [0.25, 0.3) is 0 Å². The van der Waals surface area contributed by atoms with Gasteiger partial charge in [0, 0.05) is 6.04 Å². The number of carboxylic acids is 1. The molecule has 0 aliphatic heterocycles. The summed E-state index contributed by atoms with van der Waals surface area (Å²) in [6, 6.07) is 4.81. The molecule has 0 aliphatic rings. The van der Waals surface area contributed by atoms with Crippen LogP contribution < -0.4 is 4.90 Å². The molecule has 1 unspecified atom stereocenters.